The third-order valence-electron chi connectivity index (χ3n) is 3.30. The van der Waals surface area contributed by atoms with E-state index >= 15 is 0 Å². The monoisotopic (exact) mass is 273 g/mol. The van der Waals surface area contributed by atoms with Crippen molar-refractivity contribution in [3.63, 3.8) is 0 Å². The van der Waals surface area contributed by atoms with Gasteiger partial charge in [0.1, 0.15) is 5.75 Å². The van der Waals surface area contributed by atoms with Crippen LogP contribution in [0, 0.1) is 0 Å². The zero-order chi connectivity index (χ0) is 14.4. The molecule has 1 aromatic carbocycles. The second-order valence-corrected chi connectivity index (χ2v) is 4.67. The Bertz CT molecular complexity index is 536. The summed E-state index contributed by atoms with van der Waals surface area (Å²) in [4.78, 5) is 0. The SMILES string of the molecule is CCCn1nccc1C(NC)c1ccccc1OCC. The Hall–Kier alpha value is -1.81. The van der Waals surface area contributed by atoms with Crippen LogP contribution in [0.5, 0.6) is 5.75 Å². The standard InChI is InChI=1S/C16H23N3O/c1-4-12-19-14(10-11-18-19)16(17-3)13-8-6-7-9-15(13)20-5-2/h6-11,16-17H,4-5,12H2,1-3H3. The minimum Gasteiger partial charge on any atom is -0.494 e. The maximum atomic E-state index is 5.75. The van der Waals surface area contributed by atoms with Gasteiger partial charge in [0.25, 0.3) is 0 Å². The molecule has 4 nitrogen and oxygen atoms in total. The van der Waals surface area contributed by atoms with Gasteiger partial charge >= 0.3 is 0 Å². The van der Waals surface area contributed by atoms with Crippen molar-refractivity contribution in [1.29, 1.82) is 0 Å². The molecular weight excluding hydrogens is 250 g/mol. The first kappa shape index (κ1) is 14.6. The van der Waals surface area contributed by atoms with E-state index in [1.54, 1.807) is 0 Å². The number of rotatable bonds is 7. The fourth-order valence-corrected chi connectivity index (χ4v) is 2.46. The first-order chi connectivity index (χ1) is 9.81. The molecule has 1 aromatic heterocycles. The molecule has 2 aromatic rings. The highest BCUT2D eigenvalue weighted by molar-refractivity contribution is 5.40. The van der Waals surface area contributed by atoms with Gasteiger partial charge in [0.05, 0.1) is 18.3 Å². The third kappa shape index (κ3) is 3.02. The number of hydrogen-bond acceptors (Lipinski definition) is 3. The average molecular weight is 273 g/mol. The number of aromatic nitrogens is 2. The topological polar surface area (TPSA) is 39.1 Å². The minimum atomic E-state index is 0.0896. The molecule has 0 fully saturated rings. The lowest BCUT2D eigenvalue weighted by atomic mass is 10.0. The highest BCUT2D eigenvalue weighted by atomic mass is 16.5. The Morgan fingerprint density at radius 1 is 1.25 bits per heavy atom. The summed E-state index contributed by atoms with van der Waals surface area (Å²) in [6.07, 6.45) is 2.93. The highest BCUT2D eigenvalue weighted by Crippen LogP contribution is 2.29. The van der Waals surface area contributed by atoms with Gasteiger partial charge in [-0.3, -0.25) is 4.68 Å². The van der Waals surface area contributed by atoms with E-state index in [9.17, 15) is 0 Å². The van der Waals surface area contributed by atoms with E-state index in [1.807, 2.05) is 38.4 Å². The van der Waals surface area contributed by atoms with E-state index in [4.69, 9.17) is 4.74 Å². The number of nitrogens with one attached hydrogen (secondary N) is 1. The summed E-state index contributed by atoms with van der Waals surface area (Å²) in [5.41, 5.74) is 2.32. The lowest BCUT2D eigenvalue weighted by Gasteiger charge is -2.21. The van der Waals surface area contributed by atoms with Crippen molar-refractivity contribution in [3.05, 3.63) is 47.8 Å². The number of hydrogen-bond donors (Lipinski definition) is 1. The third-order valence-corrected chi connectivity index (χ3v) is 3.30. The summed E-state index contributed by atoms with van der Waals surface area (Å²) in [6, 6.07) is 10.3. The average Bonchev–Trinajstić information content (AvgIpc) is 2.91. The van der Waals surface area contributed by atoms with E-state index in [-0.39, 0.29) is 6.04 Å². The number of ether oxygens (including phenoxy) is 1. The van der Waals surface area contributed by atoms with Gasteiger partial charge in [0, 0.05) is 18.3 Å². The maximum Gasteiger partial charge on any atom is 0.124 e. The largest absolute Gasteiger partial charge is 0.494 e. The molecule has 2 rings (SSSR count). The van der Waals surface area contributed by atoms with Crippen molar-refractivity contribution in [2.24, 2.45) is 0 Å². The second-order valence-electron chi connectivity index (χ2n) is 4.67. The van der Waals surface area contributed by atoms with Crippen LogP contribution in [0.4, 0.5) is 0 Å². The van der Waals surface area contributed by atoms with Gasteiger partial charge in [-0.1, -0.05) is 25.1 Å². The quantitative estimate of drug-likeness (QED) is 0.843. The van der Waals surface area contributed by atoms with Gasteiger partial charge in [0.15, 0.2) is 0 Å². The zero-order valence-electron chi connectivity index (χ0n) is 12.5. The molecule has 0 aliphatic rings. The highest BCUT2D eigenvalue weighted by Gasteiger charge is 2.19. The van der Waals surface area contributed by atoms with Crippen molar-refractivity contribution < 1.29 is 4.74 Å². The molecule has 0 saturated carbocycles. The van der Waals surface area contributed by atoms with Crippen LogP contribution < -0.4 is 10.1 Å². The molecule has 108 valence electrons. The van der Waals surface area contributed by atoms with Crippen LogP contribution in [0.1, 0.15) is 37.6 Å². The van der Waals surface area contributed by atoms with E-state index in [1.165, 1.54) is 5.69 Å². The Morgan fingerprint density at radius 2 is 2.05 bits per heavy atom. The molecular formula is C16H23N3O. The molecule has 1 atom stereocenters. The lowest BCUT2D eigenvalue weighted by Crippen LogP contribution is -2.22. The van der Waals surface area contributed by atoms with Gasteiger partial charge in [-0.25, -0.2) is 0 Å². The zero-order valence-corrected chi connectivity index (χ0v) is 12.5. The summed E-state index contributed by atoms with van der Waals surface area (Å²) >= 11 is 0. The van der Waals surface area contributed by atoms with E-state index in [0.29, 0.717) is 6.61 Å². The molecule has 0 aliphatic heterocycles. The Labute approximate surface area is 120 Å². The molecule has 0 amide bonds. The van der Waals surface area contributed by atoms with Crippen LogP contribution in [-0.2, 0) is 6.54 Å². The van der Waals surface area contributed by atoms with Crippen LogP contribution in [0.15, 0.2) is 36.5 Å². The smallest absolute Gasteiger partial charge is 0.124 e. The minimum absolute atomic E-state index is 0.0896. The Balaban J connectivity index is 2.39. The van der Waals surface area contributed by atoms with E-state index in [2.05, 4.69) is 34.2 Å². The van der Waals surface area contributed by atoms with Crippen LogP contribution >= 0.6 is 0 Å². The fourth-order valence-electron chi connectivity index (χ4n) is 2.46. The van der Waals surface area contributed by atoms with Crippen molar-refractivity contribution in [3.8, 4) is 5.75 Å². The van der Waals surface area contributed by atoms with Crippen LogP contribution in [0.2, 0.25) is 0 Å². The van der Waals surface area contributed by atoms with Crippen LogP contribution in [0.25, 0.3) is 0 Å². The molecule has 1 N–H and O–H groups in total. The van der Waals surface area contributed by atoms with E-state index in [0.717, 1.165) is 24.3 Å². The lowest BCUT2D eigenvalue weighted by molar-refractivity contribution is 0.333. The number of aryl methyl sites for hydroxylation is 1. The van der Waals surface area contributed by atoms with Gasteiger partial charge in [-0.15, -0.1) is 0 Å². The van der Waals surface area contributed by atoms with Gasteiger partial charge in [-0.05, 0) is 32.5 Å². The summed E-state index contributed by atoms with van der Waals surface area (Å²) < 4.78 is 7.81. The number of benzene rings is 1. The Morgan fingerprint density at radius 3 is 2.75 bits per heavy atom. The van der Waals surface area contributed by atoms with Gasteiger partial charge < -0.3 is 10.1 Å². The van der Waals surface area contributed by atoms with Crippen molar-refractivity contribution in [2.75, 3.05) is 13.7 Å². The number of nitrogens with zero attached hydrogens (tertiary/aromatic N) is 2. The summed E-state index contributed by atoms with van der Waals surface area (Å²) in [5, 5.41) is 7.79. The molecule has 1 heterocycles. The molecule has 0 radical (unpaired) electrons. The first-order valence-electron chi connectivity index (χ1n) is 7.22. The van der Waals surface area contributed by atoms with E-state index < -0.39 is 0 Å². The van der Waals surface area contributed by atoms with Crippen molar-refractivity contribution in [1.82, 2.24) is 15.1 Å². The first-order valence-corrected chi connectivity index (χ1v) is 7.22. The summed E-state index contributed by atoms with van der Waals surface area (Å²) in [6.45, 7) is 5.76. The van der Waals surface area contributed by atoms with Gasteiger partial charge in [0.2, 0.25) is 0 Å². The molecule has 0 saturated heterocycles. The van der Waals surface area contributed by atoms with Crippen LogP contribution in [-0.4, -0.2) is 23.4 Å². The summed E-state index contributed by atoms with van der Waals surface area (Å²) in [7, 11) is 1.97. The maximum absolute atomic E-state index is 5.75. The van der Waals surface area contributed by atoms with Crippen LogP contribution in [0.3, 0.4) is 0 Å². The molecule has 0 aliphatic carbocycles. The number of para-hydroxylation sites is 1. The van der Waals surface area contributed by atoms with Gasteiger partial charge in [-0.2, -0.15) is 5.10 Å². The van der Waals surface area contributed by atoms with Crippen molar-refractivity contribution in [2.45, 2.75) is 32.9 Å². The molecule has 0 spiro atoms. The van der Waals surface area contributed by atoms with Crippen molar-refractivity contribution >= 4 is 0 Å². The molecule has 0 bridgehead atoms. The molecule has 20 heavy (non-hydrogen) atoms. The predicted molar refractivity (Wildman–Crippen MR) is 81.0 cm³/mol. The molecule has 1 unspecified atom stereocenters. The fraction of sp³-hybridized carbons (Fsp3) is 0.438. The summed E-state index contributed by atoms with van der Waals surface area (Å²) in [5.74, 6) is 0.929. The normalized spacial score (nSPS) is 12.3. The predicted octanol–water partition coefficient (Wildman–Crippen LogP) is 3.00. The second kappa shape index (κ2) is 7.10. The molecule has 4 heteroatoms. The Kier molecular flexibility index (Phi) is 5.18.